The number of aryl methyl sites for hydroxylation is 1. The molecular weight excluding hydrogens is 332 g/mol. The second kappa shape index (κ2) is 6.21. The minimum absolute atomic E-state index is 0.122. The lowest BCUT2D eigenvalue weighted by Crippen LogP contribution is -2.34. The number of sulfonamides is 1. The Kier molecular flexibility index (Phi) is 4.25. The Bertz CT molecular complexity index is 860. The predicted molar refractivity (Wildman–Crippen MR) is 88.5 cm³/mol. The highest BCUT2D eigenvalue weighted by Crippen LogP contribution is 2.29. The van der Waals surface area contributed by atoms with Crippen molar-refractivity contribution in [2.45, 2.75) is 17.9 Å². The van der Waals surface area contributed by atoms with E-state index in [1.54, 1.807) is 18.2 Å². The molecule has 0 bridgehead atoms. The molecule has 1 aliphatic rings. The van der Waals surface area contributed by atoms with E-state index in [2.05, 4.69) is 0 Å². The Morgan fingerprint density at radius 2 is 1.92 bits per heavy atom. The Balaban J connectivity index is 2.04. The predicted octanol–water partition coefficient (Wildman–Crippen LogP) is 2.50. The van der Waals surface area contributed by atoms with Gasteiger partial charge in [-0.1, -0.05) is 23.8 Å². The number of hydrogen-bond donors (Lipinski definition) is 0. The minimum atomic E-state index is -3.84. The number of hydrogen-bond acceptors (Lipinski definition) is 5. The normalized spacial score (nSPS) is 16.6. The first-order chi connectivity index (χ1) is 11.4. The topological polar surface area (TPSA) is 93.1 Å². The summed E-state index contributed by atoms with van der Waals surface area (Å²) in [4.78, 5) is 10.6. The van der Waals surface area contributed by atoms with E-state index >= 15 is 0 Å². The molecule has 0 spiro atoms. The number of rotatable bonds is 6. The Morgan fingerprint density at radius 3 is 2.50 bits per heavy atom. The number of nitro groups is 1. The molecule has 0 aromatic heterocycles. The van der Waals surface area contributed by atoms with E-state index in [0.29, 0.717) is 6.61 Å². The van der Waals surface area contributed by atoms with Crippen molar-refractivity contribution in [3.63, 3.8) is 0 Å². The van der Waals surface area contributed by atoms with Crippen molar-refractivity contribution in [3.8, 4) is 0 Å². The first kappa shape index (κ1) is 16.4. The number of nitrogens with zero attached hydrogens (tertiary/aromatic N) is 2. The summed E-state index contributed by atoms with van der Waals surface area (Å²) >= 11 is 0. The fraction of sp³-hybridized carbons (Fsp3) is 0.250. The molecule has 1 heterocycles. The molecule has 3 rings (SSSR count). The molecule has 0 N–H and O–H groups in total. The molecule has 7 nitrogen and oxygen atoms in total. The van der Waals surface area contributed by atoms with Gasteiger partial charge in [-0.05, 0) is 25.1 Å². The average Bonchev–Trinajstić information content (AvgIpc) is 3.37. The van der Waals surface area contributed by atoms with E-state index in [-0.39, 0.29) is 28.9 Å². The largest absolute Gasteiger partial charge is 0.371 e. The maximum absolute atomic E-state index is 13.0. The number of anilines is 1. The van der Waals surface area contributed by atoms with Crippen LogP contribution in [0.1, 0.15) is 5.56 Å². The number of ether oxygens (including phenoxy) is 1. The molecule has 0 amide bonds. The Hall–Kier alpha value is -2.45. The van der Waals surface area contributed by atoms with Crippen molar-refractivity contribution in [1.82, 2.24) is 0 Å². The molecule has 2 aromatic carbocycles. The molecule has 0 unspecified atom stereocenters. The maximum Gasteiger partial charge on any atom is 0.271 e. The first-order valence-electron chi connectivity index (χ1n) is 7.33. The summed E-state index contributed by atoms with van der Waals surface area (Å²) in [7, 11) is -3.84. The van der Waals surface area contributed by atoms with Crippen LogP contribution in [0.15, 0.2) is 53.4 Å². The molecule has 24 heavy (non-hydrogen) atoms. The second-order valence-corrected chi connectivity index (χ2v) is 7.44. The van der Waals surface area contributed by atoms with Crippen LogP contribution in [-0.2, 0) is 14.8 Å². The second-order valence-electron chi connectivity index (χ2n) is 5.58. The lowest BCUT2D eigenvalue weighted by Gasteiger charge is -2.23. The quantitative estimate of drug-likeness (QED) is 0.454. The molecule has 1 aliphatic heterocycles. The zero-order valence-electron chi connectivity index (χ0n) is 13.0. The molecule has 126 valence electrons. The van der Waals surface area contributed by atoms with Gasteiger partial charge in [-0.2, -0.15) is 0 Å². The summed E-state index contributed by atoms with van der Waals surface area (Å²) in [6, 6.07) is 12.1. The number of benzene rings is 2. The molecule has 8 heteroatoms. The van der Waals surface area contributed by atoms with E-state index in [1.165, 1.54) is 34.6 Å². The van der Waals surface area contributed by atoms with E-state index in [9.17, 15) is 18.5 Å². The molecule has 1 atom stereocenters. The molecule has 0 radical (unpaired) electrons. The van der Waals surface area contributed by atoms with Gasteiger partial charge in [-0.25, -0.2) is 8.42 Å². The maximum atomic E-state index is 13.0. The van der Waals surface area contributed by atoms with Crippen molar-refractivity contribution in [1.29, 1.82) is 0 Å². The zero-order valence-corrected chi connectivity index (χ0v) is 13.8. The van der Waals surface area contributed by atoms with Gasteiger partial charge in [-0.15, -0.1) is 0 Å². The van der Waals surface area contributed by atoms with Gasteiger partial charge in [0.25, 0.3) is 15.7 Å². The van der Waals surface area contributed by atoms with E-state index in [4.69, 9.17) is 4.74 Å². The lowest BCUT2D eigenvalue weighted by molar-refractivity contribution is -0.384. The number of non-ortho nitro benzene ring substituents is 1. The third-order valence-corrected chi connectivity index (χ3v) is 5.52. The summed E-state index contributed by atoms with van der Waals surface area (Å²) in [5, 5.41) is 11.0. The van der Waals surface area contributed by atoms with Crippen LogP contribution >= 0.6 is 0 Å². The average molecular weight is 348 g/mol. The summed E-state index contributed by atoms with van der Waals surface area (Å²) in [6.45, 7) is 2.47. The van der Waals surface area contributed by atoms with Gasteiger partial charge in [0.05, 0.1) is 34.8 Å². The molecule has 1 saturated heterocycles. The van der Waals surface area contributed by atoms with Crippen LogP contribution in [-0.4, -0.2) is 32.6 Å². The van der Waals surface area contributed by atoms with Crippen LogP contribution in [0, 0.1) is 17.0 Å². The SMILES string of the molecule is Cc1ccc(S(=O)(=O)N(C[C@@H]2CO2)c2cccc([N+](=O)[O-])c2)cc1. The highest BCUT2D eigenvalue weighted by molar-refractivity contribution is 7.92. The summed E-state index contributed by atoms with van der Waals surface area (Å²) in [6.07, 6.45) is -0.190. The van der Waals surface area contributed by atoms with Gasteiger partial charge in [0.1, 0.15) is 0 Å². The van der Waals surface area contributed by atoms with Gasteiger partial charge in [0.2, 0.25) is 0 Å². The van der Waals surface area contributed by atoms with Gasteiger partial charge in [0.15, 0.2) is 0 Å². The molecule has 0 aliphatic carbocycles. The summed E-state index contributed by atoms with van der Waals surface area (Å²) < 4.78 is 32.3. The molecule has 1 fully saturated rings. The Morgan fingerprint density at radius 1 is 1.25 bits per heavy atom. The molecular formula is C16H16N2O5S. The third kappa shape index (κ3) is 3.39. The van der Waals surface area contributed by atoms with E-state index in [1.807, 2.05) is 6.92 Å². The van der Waals surface area contributed by atoms with Crippen molar-refractivity contribution in [3.05, 3.63) is 64.2 Å². The van der Waals surface area contributed by atoms with Crippen LogP contribution in [0.5, 0.6) is 0 Å². The highest BCUT2D eigenvalue weighted by atomic mass is 32.2. The van der Waals surface area contributed by atoms with Gasteiger partial charge in [0, 0.05) is 12.1 Å². The van der Waals surface area contributed by atoms with Crippen molar-refractivity contribution < 1.29 is 18.1 Å². The van der Waals surface area contributed by atoms with E-state index < -0.39 is 14.9 Å². The van der Waals surface area contributed by atoms with Crippen LogP contribution in [0.25, 0.3) is 0 Å². The van der Waals surface area contributed by atoms with Gasteiger partial charge in [-0.3, -0.25) is 14.4 Å². The van der Waals surface area contributed by atoms with Crippen LogP contribution < -0.4 is 4.31 Å². The minimum Gasteiger partial charge on any atom is -0.371 e. The van der Waals surface area contributed by atoms with Crippen LogP contribution in [0.2, 0.25) is 0 Å². The molecule has 2 aromatic rings. The van der Waals surface area contributed by atoms with Gasteiger partial charge >= 0.3 is 0 Å². The molecule has 0 saturated carbocycles. The fourth-order valence-corrected chi connectivity index (χ4v) is 3.79. The van der Waals surface area contributed by atoms with Crippen molar-refractivity contribution in [2.75, 3.05) is 17.5 Å². The summed E-state index contributed by atoms with van der Waals surface area (Å²) in [5.41, 5.74) is 1.04. The smallest absolute Gasteiger partial charge is 0.271 e. The zero-order chi connectivity index (χ0) is 17.3. The number of epoxide rings is 1. The number of nitro benzene ring substituents is 1. The van der Waals surface area contributed by atoms with Crippen LogP contribution in [0.3, 0.4) is 0 Å². The highest BCUT2D eigenvalue weighted by Gasteiger charge is 2.33. The van der Waals surface area contributed by atoms with Crippen molar-refractivity contribution >= 4 is 21.4 Å². The van der Waals surface area contributed by atoms with Crippen molar-refractivity contribution in [2.24, 2.45) is 0 Å². The fourth-order valence-electron chi connectivity index (χ4n) is 2.30. The lowest BCUT2D eigenvalue weighted by atomic mass is 10.2. The first-order valence-corrected chi connectivity index (χ1v) is 8.77. The van der Waals surface area contributed by atoms with Gasteiger partial charge < -0.3 is 4.74 Å². The monoisotopic (exact) mass is 348 g/mol. The Labute approximate surface area is 139 Å². The van der Waals surface area contributed by atoms with E-state index in [0.717, 1.165) is 5.56 Å². The third-order valence-electron chi connectivity index (χ3n) is 3.71. The van der Waals surface area contributed by atoms with Crippen LogP contribution in [0.4, 0.5) is 11.4 Å². The summed E-state index contributed by atoms with van der Waals surface area (Å²) in [5.74, 6) is 0. The standard InChI is InChI=1S/C16H16N2O5S/c1-12-5-7-16(8-6-12)24(21,22)17(10-15-11-23-15)13-3-2-4-14(9-13)18(19)20/h2-9,15H,10-11H2,1H3/t15-/m1/s1.